The van der Waals surface area contributed by atoms with Crippen molar-refractivity contribution < 1.29 is 14.3 Å². The van der Waals surface area contributed by atoms with Crippen LogP contribution in [0.3, 0.4) is 0 Å². The third kappa shape index (κ3) is 4.31. The van der Waals surface area contributed by atoms with Gasteiger partial charge in [0.15, 0.2) is 5.84 Å². The highest BCUT2D eigenvalue weighted by molar-refractivity contribution is 5.97. The Morgan fingerprint density at radius 2 is 2.22 bits per heavy atom. The molecule has 3 N–H and O–H groups in total. The highest BCUT2D eigenvalue weighted by Gasteiger charge is 2.07. The molecular formula is C12H18FN3O2. The van der Waals surface area contributed by atoms with E-state index in [9.17, 15) is 4.39 Å². The molecule has 0 saturated heterocycles. The van der Waals surface area contributed by atoms with Gasteiger partial charge < -0.3 is 15.7 Å². The van der Waals surface area contributed by atoms with Crippen LogP contribution in [0.15, 0.2) is 23.4 Å². The fraction of sp³-hybridized carbons (Fsp3) is 0.417. The van der Waals surface area contributed by atoms with E-state index < -0.39 is 5.82 Å². The second-order valence-corrected chi connectivity index (χ2v) is 4.06. The maximum absolute atomic E-state index is 13.4. The number of amidine groups is 1. The molecule has 0 aliphatic rings. The van der Waals surface area contributed by atoms with Crippen LogP contribution in [-0.2, 0) is 11.3 Å². The lowest BCUT2D eigenvalue weighted by molar-refractivity contribution is 0.158. The van der Waals surface area contributed by atoms with E-state index in [-0.39, 0.29) is 5.84 Å². The Morgan fingerprint density at radius 3 is 2.83 bits per heavy atom. The van der Waals surface area contributed by atoms with Gasteiger partial charge in [0.1, 0.15) is 5.82 Å². The van der Waals surface area contributed by atoms with Gasteiger partial charge in [-0.15, -0.1) is 0 Å². The Kier molecular flexibility index (Phi) is 5.54. The summed E-state index contributed by atoms with van der Waals surface area (Å²) in [7, 11) is 3.54. The summed E-state index contributed by atoms with van der Waals surface area (Å²) in [5.74, 6) is -0.510. The van der Waals surface area contributed by atoms with Gasteiger partial charge in [-0.05, 0) is 30.8 Å². The summed E-state index contributed by atoms with van der Waals surface area (Å²) in [6, 6.07) is 4.35. The summed E-state index contributed by atoms with van der Waals surface area (Å²) in [4.78, 5) is 1.99. The quantitative estimate of drug-likeness (QED) is 0.344. The topological polar surface area (TPSA) is 71.1 Å². The Hall–Kier alpha value is -1.66. The third-order valence-corrected chi connectivity index (χ3v) is 2.49. The minimum absolute atomic E-state index is 0.102. The summed E-state index contributed by atoms with van der Waals surface area (Å²) >= 11 is 0. The van der Waals surface area contributed by atoms with Crippen molar-refractivity contribution in [2.45, 2.75) is 6.54 Å². The van der Waals surface area contributed by atoms with Gasteiger partial charge >= 0.3 is 0 Å². The number of hydrogen-bond acceptors (Lipinski definition) is 4. The van der Waals surface area contributed by atoms with Crippen LogP contribution < -0.4 is 5.73 Å². The minimum atomic E-state index is -0.408. The van der Waals surface area contributed by atoms with Crippen LogP contribution in [0.2, 0.25) is 0 Å². The first-order chi connectivity index (χ1) is 8.56. The Labute approximate surface area is 106 Å². The molecular weight excluding hydrogens is 237 g/mol. The van der Waals surface area contributed by atoms with Crippen LogP contribution in [0.5, 0.6) is 0 Å². The van der Waals surface area contributed by atoms with Crippen molar-refractivity contribution in [2.24, 2.45) is 10.9 Å². The molecule has 0 aliphatic carbocycles. The van der Waals surface area contributed by atoms with Gasteiger partial charge in [-0.2, -0.15) is 0 Å². The molecule has 0 fully saturated rings. The molecule has 0 aliphatic heterocycles. The minimum Gasteiger partial charge on any atom is -0.409 e. The predicted molar refractivity (Wildman–Crippen MR) is 67.1 cm³/mol. The fourth-order valence-electron chi connectivity index (χ4n) is 1.59. The molecule has 0 spiro atoms. The molecule has 18 heavy (non-hydrogen) atoms. The molecule has 0 aromatic heterocycles. The van der Waals surface area contributed by atoms with Gasteiger partial charge in [-0.3, -0.25) is 4.90 Å². The summed E-state index contributed by atoms with van der Waals surface area (Å²) in [5, 5.41) is 11.4. The summed E-state index contributed by atoms with van der Waals surface area (Å²) in [6.07, 6.45) is 0. The number of ether oxygens (including phenoxy) is 1. The molecule has 100 valence electrons. The van der Waals surface area contributed by atoms with Gasteiger partial charge in [-0.25, -0.2) is 4.39 Å². The zero-order valence-electron chi connectivity index (χ0n) is 10.6. The van der Waals surface area contributed by atoms with Gasteiger partial charge in [0, 0.05) is 25.8 Å². The molecule has 0 unspecified atom stereocenters. The van der Waals surface area contributed by atoms with E-state index in [0.717, 1.165) is 12.1 Å². The van der Waals surface area contributed by atoms with Gasteiger partial charge in [-0.1, -0.05) is 5.16 Å². The third-order valence-electron chi connectivity index (χ3n) is 2.49. The lowest BCUT2D eigenvalue weighted by Crippen LogP contribution is -2.23. The van der Waals surface area contributed by atoms with Crippen molar-refractivity contribution >= 4 is 5.84 Å². The smallest absolute Gasteiger partial charge is 0.170 e. The van der Waals surface area contributed by atoms with Crippen LogP contribution in [0.1, 0.15) is 11.1 Å². The van der Waals surface area contributed by atoms with Crippen molar-refractivity contribution in [1.29, 1.82) is 0 Å². The molecule has 0 radical (unpaired) electrons. The number of hydrogen-bond donors (Lipinski definition) is 2. The maximum atomic E-state index is 13.4. The standard InChI is InChI=1S/C12H18FN3O2/c1-16(3-4-18-2)8-9-5-10(12(14)15-17)7-11(13)6-9/h5-7,17H,3-4,8H2,1-2H3,(H2,14,15). The largest absolute Gasteiger partial charge is 0.409 e. The molecule has 0 heterocycles. The van der Waals surface area contributed by atoms with E-state index in [2.05, 4.69) is 5.16 Å². The van der Waals surface area contributed by atoms with Crippen LogP contribution in [0.25, 0.3) is 0 Å². The Bertz CT molecular complexity index is 424. The second-order valence-electron chi connectivity index (χ2n) is 4.06. The molecule has 0 amide bonds. The summed E-state index contributed by atoms with van der Waals surface area (Å²) < 4.78 is 18.4. The second kappa shape index (κ2) is 6.93. The van der Waals surface area contributed by atoms with Crippen molar-refractivity contribution in [3.63, 3.8) is 0 Å². The van der Waals surface area contributed by atoms with E-state index in [4.69, 9.17) is 15.7 Å². The van der Waals surface area contributed by atoms with Crippen LogP contribution in [0.4, 0.5) is 4.39 Å². The molecule has 0 saturated carbocycles. The number of likely N-dealkylation sites (N-methyl/N-ethyl adjacent to an activating group) is 1. The van der Waals surface area contributed by atoms with Crippen LogP contribution >= 0.6 is 0 Å². The maximum Gasteiger partial charge on any atom is 0.170 e. The van der Waals surface area contributed by atoms with Crippen molar-refractivity contribution in [3.8, 4) is 0 Å². The predicted octanol–water partition coefficient (Wildman–Crippen LogP) is 0.998. The fourth-order valence-corrected chi connectivity index (χ4v) is 1.59. The van der Waals surface area contributed by atoms with Crippen LogP contribution in [-0.4, -0.2) is 43.3 Å². The first kappa shape index (κ1) is 14.4. The molecule has 6 heteroatoms. The number of methoxy groups -OCH3 is 1. The molecule has 1 aromatic rings. The first-order valence-electron chi connectivity index (χ1n) is 5.51. The first-order valence-corrected chi connectivity index (χ1v) is 5.51. The van der Waals surface area contributed by atoms with Gasteiger partial charge in [0.25, 0.3) is 0 Å². The van der Waals surface area contributed by atoms with E-state index in [1.54, 1.807) is 13.2 Å². The number of rotatable bonds is 6. The number of benzene rings is 1. The van der Waals surface area contributed by atoms with E-state index >= 15 is 0 Å². The molecule has 1 rings (SSSR count). The average Bonchev–Trinajstić information content (AvgIpc) is 2.34. The van der Waals surface area contributed by atoms with E-state index in [1.807, 2.05) is 11.9 Å². The highest BCUT2D eigenvalue weighted by atomic mass is 19.1. The lowest BCUT2D eigenvalue weighted by Gasteiger charge is -2.16. The zero-order chi connectivity index (χ0) is 13.5. The summed E-state index contributed by atoms with van der Waals surface area (Å²) in [5.41, 5.74) is 6.57. The highest BCUT2D eigenvalue weighted by Crippen LogP contribution is 2.11. The van der Waals surface area contributed by atoms with Crippen molar-refractivity contribution in [3.05, 3.63) is 35.1 Å². The molecule has 1 aromatic carbocycles. The molecule has 0 atom stereocenters. The van der Waals surface area contributed by atoms with Gasteiger partial charge in [0.05, 0.1) is 6.61 Å². The average molecular weight is 255 g/mol. The molecule has 5 nitrogen and oxygen atoms in total. The van der Waals surface area contributed by atoms with E-state index in [1.165, 1.54) is 12.1 Å². The number of oxime groups is 1. The number of nitrogens with zero attached hydrogens (tertiary/aromatic N) is 2. The monoisotopic (exact) mass is 255 g/mol. The van der Waals surface area contributed by atoms with Gasteiger partial charge in [0.2, 0.25) is 0 Å². The number of nitrogens with two attached hydrogens (primary N) is 1. The Balaban J connectivity index is 2.80. The molecule has 0 bridgehead atoms. The van der Waals surface area contributed by atoms with E-state index in [0.29, 0.717) is 18.7 Å². The Morgan fingerprint density at radius 1 is 1.50 bits per heavy atom. The van der Waals surface area contributed by atoms with Crippen LogP contribution in [0, 0.1) is 5.82 Å². The van der Waals surface area contributed by atoms with Crippen molar-refractivity contribution in [2.75, 3.05) is 27.3 Å². The summed E-state index contributed by atoms with van der Waals surface area (Å²) in [6.45, 7) is 1.91. The normalized spacial score (nSPS) is 12.1. The zero-order valence-corrected chi connectivity index (χ0v) is 10.6. The lowest BCUT2D eigenvalue weighted by atomic mass is 10.1. The van der Waals surface area contributed by atoms with Crippen molar-refractivity contribution in [1.82, 2.24) is 4.90 Å². The number of halogens is 1. The SMILES string of the molecule is COCCN(C)Cc1cc(F)cc(/C(N)=N/O)c1.